The predicted octanol–water partition coefficient (Wildman–Crippen LogP) is 0.392. The Balaban J connectivity index is 3.70. The molecule has 0 heterocycles. The van der Waals surface area contributed by atoms with E-state index in [2.05, 4.69) is 4.99 Å². The monoisotopic (exact) mass is 142 g/mol. The maximum absolute atomic E-state index is 8.08. The summed E-state index contributed by atoms with van der Waals surface area (Å²) in [6, 6.07) is 0. The Labute approximate surface area is 58.9 Å². The summed E-state index contributed by atoms with van der Waals surface area (Å²) >= 11 is 1.41. The fourth-order valence-electron chi connectivity index (χ4n) is 0.325. The molecule has 0 aliphatic heterocycles. The van der Waals surface area contributed by atoms with Gasteiger partial charge in [-0.2, -0.15) is 10.3 Å². The molecule has 49 valence electrons. The van der Waals surface area contributed by atoms with Crippen molar-refractivity contribution in [3.63, 3.8) is 0 Å². The highest BCUT2D eigenvalue weighted by atomic mass is 32.2. The van der Waals surface area contributed by atoms with Crippen LogP contribution in [0.4, 0.5) is 0 Å². The average Bonchev–Trinajstić information content (AvgIpc) is 1.88. The number of nitrogens with zero attached hydrogens (tertiary/aromatic N) is 2. The molecule has 0 saturated carbocycles. The maximum Gasteiger partial charge on any atom is 0.206 e. The lowest BCUT2D eigenvalue weighted by Gasteiger charge is -1.93. The summed E-state index contributed by atoms with van der Waals surface area (Å²) in [5.41, 5.74) is 5.18. The number of hydrogen-bond acceptors (Lipinski definition) is 4. The van der Waals surface area contributed by atoms with Gasteiger partial charge in [0.2, 0.25) is 6.19 Å². The molecular weight excluding hydrogens is 134 g/mol. The number of nitriles is 1. The van der Waals surface area contributed by atoms with Gasteiger partial charge in [0.15, 0.2) is 0 Å². The molecule has 4 heteroatoms. The molecule has 0 aromatic carbocycles. The van der Waals surface area contributed by atoms with Crippen LogP contribution in [-0.4, -0.2) is 17.8 Å². The molecule has 2 N–H and O–H groups in total. The first-order valence-electron chi connectivity index (χ1n) is 2.39. The van der Waals surface area contributed by atoms with Crippen molar-refractivity contribution in [2.75, 3.05) is 12.8 Å². The third kappa shape index (κ3) is 4.01. The number of thioether (sulfide) groups is 1. The van der Waals surface area contributed by atoms with E-state index in [0.29, 0.717) is 11.6 Å². The van der Waals surface area contributed by atoms with Gasteiger partial charge in [-0.15, -0.1) is 11.8 Å². The van der Waals surface area contributed by atoms with Crippen LogP contribution in [0.3, 0.4) is 0 Å². The summed E-state index contributed by atoms with van der Waals surface area (Å²) in [5.74, 6) is 0. The van der Waals surface area contributed by atoms with Crippen LogP contribution >= 0.6 is 11.8 Å². The first kappa shape index (κ1) is 8.47. The minimum absolute atomic E-state index is 0.432. The average molecular weight is 142 g/mol. The minimum Gasteiger partial charge on any atom is -0.330 e. The molecular formula is C5H8N3S. The fraction of sp³-hybridized carbons (Fsp3) is 0.400. The molecule has 0 spiro atoms. The van der Waals surface area contributed by atoms with Gasteiger partial charge in [0, 0.05) is 13.0 Å². The van der Waals surface area contributed by atoms with Crippen LogP contribution in [0.15, 0.2) is 4.99 Å². The maximum atomic E-state index is 8.08. The molecule has 0 amide bonds. The molecule has 3 nitrogen and oxygen atoms in total. The number of hydrogen-bond donors (Lipinski definition) is 1. The van der Waals surface area contributed by atoms with Gasteiger partial charge >= 0.3 is 0 Å². The van der Waals surface area contributed by atoms with Crippen LogP contribution in [0.2, 0.25) is 0 Å². The molecule has 0 bridgehead atoms. The Morgan fingerprint density at radius 2 is 2.67 bits per heavy atom. The summed E-state index contributed by atoms with van der Waals surface area (Å²) < 4.78 is 0. The van der Waals surface area contributed by atoms with E-state index in [1.165, 1.54) is 11.8 Å². The van der Waals surface area contributed by atoms with E-state index in [4.69, 9.17) is 11.0 Å². The van der Waals surface area contributed by atoms with Gasteiger partial charge in [0.1, 0.15) is 0 Å². The number of aliphatic imine (C=N–C) groups is 1. The summed E-state index contributed by atoms with van der Waals surface area (Å²) in [6.45, 7) is 0.432. The van der Waals surface area contributed by atoms with Crippen LogP contribution < -0.4 is 5.73 Å². The second-order valence-corrected chi connectivity index (χ2v) is 2.02. The van der Waals surface area contributed by atoms with Crippen molar-refractivity contribution in [2.24, 2.45) is 10.7 Å². The fourth-order valence-corrected chi connectivity index (χ4v) is 0.720. The van der Waals surface area contributed by atoms with Gasteiger partial charge < -0.3 is 5.73 Å². The molecule has 0 saturated heterocycles. The highest BCUT2D eigenvalue weighted by Crippen LogP contribution is 1.99. The van der Waals surface area contributed by atoms with Crippen molar-refractivity contribution in [2.45, 2.75) is 0 Å². The highest BCUT2D eigenvalue weighted by molar-refractivity contribution is 8.13. The first-order valence-corrected chi connectivity index (χ1v) is 3.61. The molecule has 9 heavy (non-hydrogen) atoms. The highest BCUT2D eigenvalue weighted by Gasteiger charge is 1.92. The molecule has 0 unspecified atom stereocenters. The Hall–Kier alpha value is -0.530. The van der Waals surface area contributed by atoms with E-state index in [-0.39, 0.29) is 0 Å². The minimum atomic E-state index is 0.432. The third-order valence-corrected chi connectivity index (χ3v) is 1.34. The van der Waals surface area contributed by atoms with Gasteiger partial charge in [-0.3, -0.25) is 0 Å². The summed E-state index contributed by atoms with van der Waals surface area (Å²) in [7, 11) is 0. The normalized spacial score (nSPS) is 11.0. The van der Waals surface area contributed by atoms with E-state index < -0.39 is 0 Å². The number of rotatable bonds is 2. The Morgan fingerprint density at radius 3 is 3.00 bits per heavy atom. The van der Waals surface area contributed by atoms with Gasteiger partial charge in [-0.25, -0.2) is 0 Å². The van der Waals surface area contributed by atoms with Crippen molar-refractivity contribution in [1.82, 2.24) is 0 Å². The van der Waals surface area contributed by atoms with E-state index in [9.17, 15) is 0 Å². The van der Waals surface area contributed by atoms with Gasteiger partial charge in [-0.05, 0) is 6.26 Å². The first-order chi connectivity index (χ1) is 4.35. The summed E-state index contributed by atoms with van der Waals surface area (Å²) in [6.07, 6.45) is 5.24. The SMILES string of the molecule is CSC([CH]CN)=NC#N. The zero-order valence-electron chi connectivity index (χ0n) is 5.16. The van der Waals surface area contributed by atoms with E-state index in [1.807, 2.05) is 6.26 Å². The molecule has 0 aliphatic carbocycles. The van der Waals surface area contributed by atoms with E-state index in [1.54, 1.807) is 12.6 Å². The molecule has 0 aromatic rings. The third-order valence-electron chi connectivity index (χ3n) is 0.662. The zero-order chi connectivity index (χ0) is 7.11. The Bertz CT molecular complexity index is 136. The van der Waals surface area contributed by atoms with Crippen molar-refractivity contribution >= 4 is 16.8 Å². The van der Waals surface area contributed by atoms with Crippen molar-refractivity contribution in [1.29, 1.82) is 5.26 Å². The van der Waals surface area contributed by atoms with Crippen LogP contribution in [0.25, 0.3) is 0 Å². The molecule has 0 aliphatic rings. The lowest BCUT2D eigenvalue weighted by atomic mass is 10.5. The van der Waals surface area contributed by atoms with Gasteiger partial charge in [0.25, 0.3) is 0 Å². The van der Waals surface area contributed by atoms with E-state index in [0.717, 1.165) is 0 Å². The quantitative estimate of drug-likeness (QED) is 0.344. The van der Waals surface area contributed by atoms with Crippen LogP contribution in [-0.2, 0) is 0 Å². The lowest BCUT2D eigenvalue weighted by Crippen LogP contribution is -2.05. The summed E-state index contributed by atoms with van der Waals surface area (Å²) in [5, 5.41) is 8.76. The topological polar surface area (TPSA) is 62.2 Å². The van der Waals surface area contributed by atoms with Gasteiger partial charge in [-0.1, -0.05) is 0 Å². The summed E-state index contributed by atoms with van der Waals surface area (Å²) in [4.78, 5) is 3.48. The van der Waals surface area contributed by atoms with Crippen LogP contribution in [0.1, 0.15) is 0 Å². The van der Waals surface area contributed by atoms with Crippen molar-refractivity contribution in [3.05, 3.63) is 6.42 Å². The molecule has 0 aromatic heterocycles. The van der Waals surface area contributed by atoms with Gasteiger partial charge in [0.05, 0.1) is 5.04 Å². The smallest absolute Gasteiger partial charge is 0.206 e. The second-order valence-electron chi connectivity index (χ2n) is 1.19. The lowest BCUT2D eigenvalue weighted by molar-refractivity contribution is 1.21. The van der Waals surface area contributed by atoms with E-state index >= 15 is 0 Å². The van der Waals surface area contributed by atoms with Crippen LogP contribution in [0, 0.1) is 17.9 Å². The van der Waals surface area contributed by atoms with Crippen molar-refractivity contribution < 1.29 is 0 Å². The molecule has 0 atom stereocenters. The zero-order valence-corrected chi connectivity index (χ0v) is 5.98. The van der Waals surface area contributed by atoms with Crippen molar-refractivity contribution in [3.8, 4) is 6.19 Å². The Morgan fingerprint density at radius 1 is 2.00 bits per heavy atom. The largest absolute Gasteiger partial charge is 0.330 e. The number of nitrogens with two attached hydrogens (primary N) is 1. The van der Waals surface area contributed by atoms with Crippen LogP contribution in [0.5, 0.6) is 0 Å². The molecule has 1 radical (unpaired) electrons. The standard InChI is InChI=1S/C5H8N3S/c1-9-5(2-3-6)8-4-7/h2H,3,6H2,1H3. The molecule has 0 fully saturated rings. The Kier molecular flexibility index (Phi) is 5.27. The second kappa shape index (κ2) is 5.60. The molecule has 0 rings (SSSR count). The predicted molar refractivity (Wildman–Crippen MR) is 39.9 cm³/mol.